The molecule has 0 atom stereocenters. The Morgan fingerprint density at radius 1 is 1.36 bits per heavy atom. The van der Waals surface area contributed by atoms with Crippen molar-refractivity contribution in [1.82, 2.24) is 0 Å². The molecule has 1 rings (SSSR count). The molecule has 1 aromatic carbocycles. The van der Waals surface area contributed by atoms with Gasteiger partial charge in [-0.25, -0.2) is 13.6 Å². The molecular formula is C7H10N4O2S. The van der Waals surface area contributed by atoms with Gasteiger partial charge in [0.15, 0.2) is 5.96 Å². The Morgan fingerprint density at radius 3 is 2.43 bits per heavy atom. The van der Waals surface area contributed by atoms with Gasteiger partial charge in [0.1, 0.15) is 4.90 Å². The lowest BCUT2D eigenvalue weighted by Gasteiger charge is -2.07. The van der Waals surface area contributed by atoms with E-state index in [0.717, 1.165) is 0 Å². The van der Waals surface area contributed by atoms with Crippen molar-refractivity contribution in [3.8, 4) is 0 Å². The third-order valence-electron chi connectivity index (χ3n) is 1.46. The summed E-state index contributed by atoms with van der Waals surface area (Å²) in [6.07, 6.45) is 0. The molecule has 0 spiro atoms. The van der Waals surface area contributed by atoms with E-state index in [1.54, 1.807) is 6.07 Å². The third kappa shape index (κ3) is 2.44. The Bertz CT molecular complexity index is 455. The number of nitrogens with one attached hydrogen (secondary N) is 2. The second-order valence-electron chi connectivity index (χ2n) is 2.58. The molecule has 6 nitrogen and oxygen atoms in total. The standard InChI is InChI=1S/C7H10N4O2S/c8-7(9)11-5-3-1-2-4-6(5)14(10,12)13/h1-4H,(H4,8,9,11)(H2,10,12,13). The van der Waals surface area contributed by atoms with Gasteiger partial charge in [-0.15, -0.1) is 0 Å². The van der Waals surface area contributed by atoms with Crippen LogP contribution in [-0.2, 0) is 10.0 Å². The van der Waals surface area contributed by atoms with Crippen LogP contribution in [0.1, 0.15) is 0 Å². The van der Waals surface area contributed by atoms with Crippen molar-refractivity contribution in [3.63, 3.8) is 0 Å². The van der Waals surface area contributed by atoms with Crippen LogP contribution in [0.4, 0.5) is 5.69 Å². The molecule has 0 unspecified atom stereocenters. The Balaban J connectivity index is 3.23. The number of anilines is 1. The van der Waals surface area contributed by atoms with Gasteiger partial charge in [-0.3, -0.25) is 5.41 Å². The Morgan fingerprint density at radius 2 is 1.93 bits per heavy atom. The van der Waals surface area contributed by atoms with Crippen molar-refractivity contribution in [3.05, 3.63) is 24.3 Å². The van der Waals surface area contributed by atoms with Crippen molar-refractivity contribution < 1.29 is 8.42 Å². The van der Waals surface area contributed by atoms with E-state index in [2.05, 4.69) is 5.32 Å². The molecule has 0 aliphatic rings. The van der Waals surface area contributed by atoms with E-state index in [0.29, 0.717) is 0 Å². The van der Waals surface area contributed by atoms with Gasteiger partial charge < -0.3 is 11.1 Å². The molecule has 0 fully saturated rings. The molecule has 1 aromatic rings. The molecule has 0 amide bonds. The minimum Gasteiger partial charge on any atom is -0.370 e. The first kappa shape index (κ1) is 10.5. The number of primary sulfonamides is 1. The largest absolute Gasteiger partial charge is 0.370 e. The number of nitrogens with two attached hydrogens (primary N) is 2. The smallest absolute Gasteiger partial charge is 0.240 e. The van der Waals surface area contributed by atoms with E-state index in [9.17, 15) is 8.42 Å². The molecule has 76 valence electrons. The van der Waals surface area contributed by atoms with Gasteiger partial charge in [0.25, 0.3) is 0 Å². The van der Waals surface area contributed by atoms with Crippen molar-refractivity contribution in [1.29, 1.82) is 5.41 Å². The van der Waals surface area contributed by atoms with Gasteiger partial charge in [0.2, 0.25) is 10.0 Å². The Hall–Kier alpha value is -1.60. The van der Waals surface area contributed by atoms with Crippen molar-refractivity contribution in [2.24, 2.45) is 10.9 Å². The predicted octanol–water partition coefficient (Wildman–Crippen LogP) is -0.361. The lowest BCUT2D eigenvalue weighted by molar-refractivity contribution is 0.598. The Kier molecular flexibility index (Phi) is 2.73. The van der Waals surface area contributed by atoms with Crippen LogP contribution in [0.3, 0.4) is 0 Å². The molecule has 0 aromatic heterocycles. The zero-order valence-corrected chi connectivity index (χ0v) is 8.01. The molecule has 0 aliphatic heterocycles. The van der Waals surface area contributed by atoms with Crippen LogP contribution in [-0.4, -0.2) is 14.4 Å². The zero-order chi connectivity index (χ0) is 10.8. The van der Waals surface area contributed by atoms with E-state index in [4.69, 9.17) is 16.3 Å². The van der Waals surface area contributed by atoms with Crippen LogP contribution in [0.15, 0.2) is 29.2 Å². The van der Waals surface area contributed by atoms with E-state index in [-0.39, 0.29) is 16.5 Å². The lowest BCUT2D eigenvalue weighted by atomic mass is 10.3. The highest BCUT2D eigenvalue weighted by Crippen LogP contribution is 2.18. The number of hydrogen-bond donors (Lipinski definition) is 4. The summed E-state index contributed by atoms with van der Waals surface area (Å²) in [6.45, 7) is 0. The highest BCUT2D eigenvalue weighted by molar-refractivity contribution is 7.89. The fraction of sp³-hybridized carbons (Fsp3) is 0. The second kappa shape index (κ2) is 3.64. The van der Waals surface area contributed by atoms with Gasteiger partial charge in [-0.05, 0) is 12.1 Å². The predicted molar refractivity (Wildman–Crippen MR) is 53.4 cm³/mol. The van der Waals surface area contributed by atoms with Crippen LogP contribution in [0.25, 0.3) is 0 Å². The molecule has 0 saturated heterocycles. The topological polar surface area (TPSA) is 122 Å². The van der Waals surface area contributed by atoms with Crippen LogP contribution >= 0.6 is 0 Å². The number of benzene rings is 1. The molecule has 14 heavy (non-hydrogen) atoms. The van der Waals surface area contributed by atoms with E-state index < -0.39 is 10.0 Å². The summed E-state index contributed by atoms with van der Waals surface area (Å²) in [5.74, 6) is -0.346. The Labute approximate surface area is 81.5 Å². The van der Waals surface area contributed by atoms with E-state index in [1.807, 2.05) is 0 Å². The number of rotatable bonds is 2. The first-order valence-corrected chi connectivity index (χ1v) is 5.19. The lowest BCUT2D eigenvalue weighted by Crippen LogP contribution is -2.23. The molecule has 0 saturated carbocycles. The van der Waals surface area contributed by atoms with Gasteiger partial charge in [0.05, 0.1) is 5.69 Å². The maximum absolute atomic E-state index is 11.1. The van der Waals surface area contributed by atoms with Crippen LogP contribution < -0.4 is 16.2 Å². The van der Waals surface area contributed by atoms with Gasteiger partial charge in [-0.1, -0.05) is 12.1 Å². The highest BCUT2D eigenvalue weighted by Gasteiger charge is 2.12. The molecule has 7 heteroatoms. The number of hydrogen-bond acceptors (Lipinski definition) is 3. The van der Waals surface area contributed by atoms with Gasteiger partial charge in [-0.2, -0.15) is 0 Å². The number of para-hydroxylation sites is 1. The minimum atomic E-state index is -3.79. The van der Waals surface area contributed by atoms with Gasteiger partial charge >= 0.3 is 0 Å². The SMILES string of the molecule is N=C(N)Nc1ccccc1S(N)(=O)=O. The van der Waals surface area contributed by atoms with Crippen molar-refractivity contribution in [2.45, 2.75) is 4.90 Å². The van der Waals surface area contributed by atoms with Crippen molar-refractivity contribution >= 4 is 21.7 Å². The third-order valence-corrected chi connectivity index (χ3v) is 2.43. The molecule has 0 aliphatic carbocycles. The van der Waals surface area contributed by atoms with Crippen molar-refractivity contribution in [2.75, 3.05) is 5.32 Å². The summed E-state index contributed by atoms with van der Waals surface area (Å²) in [7, 11) is -3.79. The summed E-state index contributed by atoms with van der Waals surface area (Å²) >= 11 is 0. The summed E-state index contributed by atoms with van der Waals surface area (Å²) in [4.78, 5) is -0.0878. The fourth-order valence-corrected chi connectivity index (χ4v) is 1.66. The summed E-state index contributed by atoms with van der Waals surface area (Å²) in [5.41, 5.74) is 5.27. The second-order valence-corrected chi connectivity index (χ2v) is 4.11. The molecule has 0 bridgehead atoms. The minimum absolute atomic E-state index is 0.0878. The first-order chi connectivity index (χ1) is 6.41. The quantitative estimate of drug-likeness (QED) is 0.396. The summed E-state index contributed by atoms with van der Waals surface area (Å²) < 4.78 is 22.1. The molecular weight excluding hydrogens is 204 g/mol. The van der Waals surface area contributed by atoms with Crippen LogP contribution in [0.2, 0.25) is 0 Å². The maximum Gasteiger partial charge on any atom is 0.240 e. The summed E-state index contributed by atoms with van der Waals surface area (Å²) in [6, 6.07) is 5.95. The first-order valence-electron chi connectivity index (χ1n) is 3.64. The number of guanidine groups is 1. The van der Waals surface area contributed by atoms with E-state index in [1.165, 1.54) is 18.2 Å². The van der Waals surface area contributed by atoms with Gasteiger partial charge in [0, 0.05) is 0 Å². The normalized spacial score (nSPS) is 10.9. The average molecular weight is 214 g/mol. The highest BCUT2D eigenvalue weighted by atomic mass is 32.2. The monoisotopic (exact) mass is 214 g/mol. The zero-order valence-electron chi connectivity index (χ0n) is 7.19. The number of sulfonamides is 1. The fourth-order valence-electron chi connectivity index (χ4n) is 0.963. The maximum atomic E-state index is 11.1. The molecule has 0 radical (unpaired) electrons. The summed E-state index contributed by atoms with van der Waals surface area (Å²) in [5, 5.41) is 14.3. The average Bonchev–Trinajstić information content (AvgIpc) is 2.01. The molecule has 0 heterocycles. The molecule has 6 N–H and O–H groups in total. The van der Waals surface area contributed by atoms with E-state index >= 15 is 0 Å². The van der Waals surface area contributed by atoms with Crippen LogP contribution in [0.5, 0.6) is 0 Å². The van der Waals surface area contributed by atoms with Crippen LogP contribution in [0, 0.1) is 5.41 Å².